The van der Waals surface area contributed by atoms with Crippen LogP contribution >= 0.6 is 23.2 Å². The zero-order valence-electron chi connectivity index (χ0n) is 13.6. The number of nitrogens with zero attached hydrogens (tertiary/aromatic N) is 2. The fraction of sp³-hybridized carbons (Fsp3) is 0.222. The standard InChI is InChI=1S/C18H16Cl2N2O2/c1-4-24-18-12-7-10(2)21-9-11(12)8-14(22-18)16-13(19)5-6-15(23-3)17(16)20/h5-9H,4H2,1-3H3. The molecule has 0 spiro atoms. The molecule has 0 aliphatic carbocycles. The van der Waals surface area contributed by atoms with E-state index in [2.05, 4.69) is 9.97 Å². The van der Waals surface area contributed by atoms with E-state index >= 15 is 0 Å². The second-order valence-electron chi connectivity index (χ2n) is 5.23. The number of fused-ring (bicyclic) bond motifs is 1. The van der Waals surface area contributed by atoms with Crippen LogP contribution in [0.1, 0.15) is 12.6 Å². The number of halogens is 2. The molecule has 0 saturated heterocycles. The van der Waals surface area contributed by atoms with E-state index in [4.69, 9.17) is 32.7 Å². The van der Waals surface area contributed by atoms with Gasteiger partial charge >= 0.3 is 0 Å². The molecule has 0 aliphatic heterocycles. The van der Waals surface area contributed by atoms with Crippen LogP contribution in [-0.4, -0.2) is 23.7 Å². The SMILES string of the molecule is CCOc1nc(-c2c(Cl)ccc(OC)c2Cl)cc2cnc(C)cc12. The van der Waals surface area contributed by atoms with Gasteiger partial charge in [0, 0.05) is 28.2 Å². The van der Waals surface area contributed by atoms with E-state index in [1.54, 1.807) is 25.4 Å². The number of hydrogen-bond acceptors (Lipinski definition) is 4. The molecule has 6 heteroatoms. The summed E-state index contributed by atoms with van der Waals surface area (Å²) in [6.45, 7) is 4.35. The minimum absolute atomic E-state index is 0.416. The maximum atomic E-state index is 6.45. The van der Waals surface area contributed by atoms with E-state index in [1.807, 2.05) is 26.0 Å². The van der Waals surface area contributed by atoms with Gasteiger partial charge in [0.05, 0.1) is 29.5 Å². The van der Waals surface area contributed by atoms with E-state index in [-0.39, 0.29) is 0 Å². The van der Waals surface area contributed by atoms with Crippen molar-refractivity contribution >= 4 is 34.0 Å². The number of hydrogen-bond donors (Lipinski definition) is 0. The minimum atomic E-state index is 0.416. The number of benzene rings is 1. The van der Waals surface area contributed by atoms with Gasteiger partial charge in [-0.25, -0.2) is 4.98 Å². The summed E-state index contributed by atoms with van der Waals surface area (Å²) in [5, 5.41) is 2.72. The zero-order chi connectivity index (χ0) is 17.3. The van der Waals surface area contributed by atoms with Crippen LogP contribution in [0.4, 0.5) is 0 Å². The predicted octanol–water partition coefficient (Wildman–Crippen LogP) is 5.32. The third-order valence-electron chi connectivity index (χ3n) is 3.63. The average Bonchev–Trinajstić information content (AvgIpc) is 2.56. The lowest BCUT2D eigenvalue weighted by Gasteiger charge is -2.13. The highest BCUT2D eigenvalue weighted by Gasteiger charge is 2.17. The molecule has 0 fully saturated rings. The molecule has 0 amide bonds. The summed E-state index contributed by atoms with van der Waals surface area (Å²) < 4.78 is 11.0. The molecule has 0 aliphatic rings. The monoisotopic (exact) mass is 362 g/mol. The van der Waals surface area contributed by atoms with Gasteiger partial charge in [-0.05, 0) is 38.1 Å². The van der Waals surface area contributed by atoms with E-state index in [0.717, 1.165) is 16.5 Å². The first-order valence-electron chi connectivity index (χ1n) is 7.47. The second-order valence-corrected chi connectivity index (χ2v) is 6.02. The van der Waals surface area contributed by atoms with Crippen molar-refractivity contribution in [3.05, 3.63) is 46.2 Å². The van der Waals surface area contributed by atoms with Gasteiger partial charge in [-0.15, -0.1) is 0 Å². The van der Waals surface area contributed by atoms with Crippen LogP contribution in [0.2, 0.25) is 10.0 Å². The van der Waals surface area contributed by atoms with Crippen LogP contribution in [0.3, 0.4) is 0 Å². The third-order valence-corrected chi connectivity index (χ3v) is 4.32. The molecule has 0 atom stereocenters. The van der Waals surface area contributed by atoms with E-state index in [0.29, 0.717) is 39.5 Å². The topological polar surface area (TPSA) is 44.2 Å². The predicted molar refractivity (Wildman–Crippen MR) is 97.5 cm³/mol. The Hall–Kier alpha value is -2.04. The lowest BCUT2D eigenvalue weighted by atomic mass is 10.1. The molecule has 3 rings (SSSR count). The van der Waals surface area contributed by atoms with Gasteiger partial charge in [0.2, 0.25) is 5.88 Å². The number of ether oxygens (including phenoxy) is 2. The van der Waals surface area contributed by atoms with Crippen molar-refractivity contribution in [3.8, 4) is 22.9 Å². The second kappa shape index (κ2) is 6.83. The first-order chi connectivity index (χ1) is 11.5. The Kier molecular flexibility index (Phi) is 4.78. The summed E-state index contributed by atoms with van der Waals surface area (Å²) in [4.78, 5) is 8.97. The molecule has 2 heterocycles. The Morgan fingerprint density at radius 3 is 2.67 bits per heavy atom. The molecule has 24 heavy (non-hydrogen) atoms. The highest BCUT2D eigenvalue weighted by Crippen LogP contribution is 2.41. The van der Waals surface area contributed by atoms with Gasteiger partial charge in [0.1, 0.15) is 5.75 Å². The fourth-order valence-electron chi connectivity index (χ4n) is 2.52. The first kappa shape index (κ1) is 16.8. The summed E-state index contributed by atoms with van der Waals surface area (Å²) in [5.41, 5.74) is 2.13. The molecule has 0 radical (unpaired) electrons. The van der Waals surface area contributed by atoms with Crippen molar-refractivity contribution < 1.29 is 9.47 Å². The number of methoxy groups -OCH3 is 1. The fourth-order valence-corrected chi connectivity index (χ4v) is 3.16. The van der Waals surface area contributed by atoms with E-state index in [1.165, 1.54) is 0 Å². The molecular formula is C18H16Cl2N2O2. The maximum Gasteiger partial charge on any atom is 0.222 e. The Morgan fingerprint density at radius 1 is 1.17 bits per heavy atom. The highest BCUT2D eigenvalue weighted by molar-refractivity contribution is 6.40. The van der Waals surface area contributed by atoms with E-state index < -0.39 is 0 Å². The van der Waals surface area contributed by atoms with Crippen LogP contribution in [-0.2, 0) is 0 Å². The molecule has 124 valence electrons. The maximum absolute atomic E-state index is 6.45. The number of aromatic nitrogens is 2. The molecule has 0 N–H and O–H groups in total. The van der Waals surface area contributed by atoms with Crippen molar-refractivity contribution in [1.29, 1.82) is 0 Å². The van der Waals surface area contributed by atoms with Crippen LogP contribution in [0, 0.1) is 6.92 Å². The van der Waals surface area contributed by atoms with E-state index in [9.17, 15) is 0 Å². The number of pyridine rings is 2. The Balaban J connectivity index is 2.30. The summed E-state index contributed by atoms with van der Waals surface area (Å²) >= 11 is 12.8. The Labute approximate surface area is 150 Å². The molecular weight excluding hydrogens is 347 g/mol. The normalized spacial score (nSPS) is 10.9. The molecule has 0 unspecified atom stereocenters. The van der Waals surface area contributed by atoms with Crippen LogP contribution in [0.15, 0.2) is 30.5 Å². The van der Waals surface area contributed by atoms with Crippen molar-refractivity contribution in [2.24, 2.45) is 0 Å². The van der Waals surface area contributed by atoms with Crippen molar-refractivity contribution in [2.45, 2.75) is 13.8 Å². The largest absolute Gasteiger partial charge is 0.495 e. The molecule has 0 saturated carbocycles. The number of aryl methyl sites for hydroxylation is 1. The summed E-state index contributed by atoms with van der Waals surface area (Å²) in [6.07, 6.45) is 1.79. The van der Waals surface area contributed by atoms with Crippen molar-refractivity contribution in [2.75, 3.05) is 13.7 Å². The quantitative estimate of drug-likeness (QED) is 0.629. The van der Waals surface area contributed by atoms with Gasteiger partial charge in [-0.2, -0.15) is 0 Å². The summed E-state index contributed by atoms with van der Waals surface area (Å²) in [6, 6.07) is 7.31. The summed E-state index contributed by atoms with van der Waals surface area (Å²) in [5.74, 6) is 1.07. The van der Waals surface area contributed by atoms with Gasteiger partial charge in [0.15, 0.2) is 0 Å². The van der Waals surface area contributed by atoms with Crippen LogP contribution < -0.4 is 9.47 Å². The smallest absolute Gasteiger partial charge is 0.222 e. The van der Waals surface area contributed by atoms with Crippen molar-refractivity contribution in [3.63, 3.8) is 0 Å². The molecule has 3 aromatic rings. The van der Waals surface area contributed by atoms with Crippen LogP contribution in [0.25, 0.3) is 22.0 Å². The molecule has 1 aromatic carbocycles. The Morgan fingerprint density at radius 2 is 1.96 bits per heavy atom. The molecule has 0 bridgehead atoms. The zero-order valence-corrected chi connectivity index (χ0v) is 15.1. The lowest BCUT2D eigenvalue weighted by Crippen LogP contribution is -1.99. The Bertz CT molecular complexity index is 913. The third kappa shape index (κ3) is 2.99. The number of rotatable bonds is 4. The highest BCUT2D eigenvalue weighted by atomic mass is 35.5. The van der Waals surface area contributed by atoms with Crippen molar-refractivity contribution in [1.82, 2.24) is 9.97 Å². The van der Waals surface area contributed by atoms with Gasteiger partial charge in [-0.1, -0.05) is 23.2 Å². The molecule has 4 nitrogen and oxygen atoms in total. The average molecular weight is 363 g/mol. The van der Waals surface area contributed by atoms with Crippen LogP contribution in [0.5, 0.6) is 11.6 Å². The van der Waals surface area contributed by atoms with Gasteiger partial charge in [-0.3, -0.25) is 4.98 Å². The lowest BCUT2D eigenvalue weighted by molar-refractivity contribution is 0.331. The minimum Gasteiger partial charge on any atom is -0.495 e. The molecule has 2 aromatic heterocycles. The van der Waals surface area contributed by atoms with Gasteiger partial charge < -0.3 is 9.47 Å². The van der Waals surface area contributed by atoms with Gasteiger partial charge in [0.25, 0.3) is 0 Å². The first-order valence-corrected chi connectivity index (χ1v) is 8.23. The summed E-state index contributed by atoms with van der Waals surface area (Å²) in [7, 11) is 1.56.